The van der Waals surface area contributed by atoms with Crippen molar-refractivity contribution >= 4 is 33.4 Å². The molecule has 0 aromatic heterocycles. The predicted molar refractivity (Wildman–Crippen MR) is 81.0 cm³/mol. The quantitative estimate of drug-likeness (QED) is 0.822. The molecule has 5 nitrogen and oxygen atoms in total. The number of nitrogens with zero attached hydrogens (tertiary/aromatic N) is 1. The highest BCUT2D eigenvalue weighted by Gasteiger charge is 2.25. The Morgan fingerprint density at radius 2 is 1.95 bits per heavy atom. The highest BCUT2D eigenvalue weighted by molar-refractivity contribution is 9.10. The van der Waals surface area contributed by atoms with E-state index in [1.807, 2.05) is 6.07 Å². The molecular weight excluding hydrogens is 322 g/mol. The summed E-state index contributed by atoms with van der Waals surface area (Å²) in [7, 11) is 0. The van der Waals surface area contributed by atoms with Gasteiger partial charge in [-0.25, -0.2) is 0 Å². The normalized spacial score (nSPS) is 16.1. The zero-order valence-electron chi connectivity index (χ0n) is 11.1. The number of rotatable bonds is 3. The van der Waals surface area contributed by atoms with Gasteiger partial charge in [0, 0.05) is 29.7 Å². The largest absolute Gasteiger partial charge is 0.398 e. The lowest BCUT2D eigenvalue weighted by Crippen LogP contribution is -2.39. The summed E-state index contributed by atoms with van der Waals surface area (Å²) in [5.74, 6) is -0.0382. The molecule has 2 amide bonds. The Hall–Kier alpha value is -1.56. The van der Waals surface area contributed by atoms with E-state index in [1.54, 1.807) is 17.0 Å². The number of likely N-dealkylation sites (tertiary alicyclic amines) is 1. The maximum absolute atomic E-state index is 12.4. The van der Waals surface area contributed by atoms with Crippen LogP contribution in [0.3, 0.4) is 0 Å². The van der Waals surface area contributed by atoms with Crippen molar-refractivity contribution in [2.75, 3.05) is 18.8 Å². The molecule has 1 aliphatic heterocycles. The molecule has 1 aliphatic rings. The lowest BCUT2D eigenvalue weighted by atomic mass is 9.93. The van der Waals surface area contributed by atoms with Gasteiger partial charge in [0.25, 0.3) is 5.91 Å². The molecule has 0 spiro atoms. The molecule has 4 N–H and O–H groups in total. The summed E-state index contributed by atoms with van der Waals surface area (Å²) in [5.41, 5.74) is 12.1. The second-order valence-corrected chi connectivity index (χ2v) is 6.05. The zero-order chi connectivity index (χ0) is 14.7. The fourth-order valence-corrected chi connectivity index (χ4v) is 2.87. The zero-order valence-corrected chi connectivity index (χ0v) is 12.7. The Morgan fingerprint density at radius 1 is 1.30 bits per heavy atom. The number of nitrogen functional groups attached to an aromatic ring is 1. The van der Waals surface area contributed by atoms with E-state index >= 15 is 0 Å². The van der Waals surface area contributed by atoms with Crippen molar-refractivity contribution in [2.45, 2.75) is 19.3 Å². The highest BCUT2D eigenvalue weighted by atomic mass is 79.9. The number of benzene rings is 1. The summed E-state index contributed by atoms with van der Waals surface area (Å²) in [4.78, 5) is 25.1. The second-order valence-electron chi connectivity index (χ2n) is 5.14. The highest BCUT2D eigenvalue weighted by Crippen LogP contribution is 2.24. The number of piperidine rings is 1. The van der Waals surface area contributed by atoms with Crippen LogP contribution in [0.4, 0.5) is 5.69 Å². The van der Waals surface area contributed by atoms with Crippen molar-refractivity contribution < 1.29 is 9.59 Å². The van der Waals surface area contributed by atoms with E-state index in [4.69, 9.17) is 11.5 Å². The van der Waals surface area contributed by atoms with E-state index in [1.165, 1.54) is 0 Å². The van der Waals surface area contributed by atoms with Crippen molar-refractivity contribution in [1.82, 2.24) is 4.90 Å². The van der Waals surface area contributed by atoms with Crippen molar-refractivity contribution in [1.29, 1.82) is 0 Å². The van der Waals surface area contributed by atoms with E-state index in [-0.39, 0.29) is 17.7 Å². The van der Waals surface area contributed by atoms with Gasteiger partial charge in [-0.2, -0.15) is 0 Å². The van der Waals surface area contributed by atoms with Crippen LogP contribution in [-0.2, 0) is 4.79 Å². The molecular formula is C14H18BrN3O2. The SMILES string of the molecule is NC(=O)CC1CCN(C(=O)c2cc(Br)ccc2N)CC1. The number of amides is 2. The monoisotopic (exact) mass is 339 g/mol. The van der Waals surface area contributed by atoms with Gasteiger partial charge in [0.15, 0.2) is 0 Å². The van der Waals surface area contributed by atoms with Crippen LogP contribution in [-0.4, -0.2) is 29.8 Å². The maximum atomic E-state index is 12.4. The fraction of sp³-hybridized carbons (Fsp3) is 0.429. The Kier molecular flexibility index (Phi) is 4.65. The summed E-state index contributed by atoms with van der Waals surface area (Å²) in [6.07, 6.45) is 2.02. The first-order chi connectivity index (χ1) is 9.47. The van der Waals surface area contributed by atoms with E-state index in [0.29, 0.717) is 30.8 Å². The number of nitrogens with two attached hydrogens (primary N) is 2. The summed E-state index contributed by atoms with van der Waals surface area (Å²) in [6.45, 7) is 1.28. The van der Waals surface area contributed by atoms with Crippen LogP contribution in [0.5, 0.6) is 0 Å². The lowest BCUT2D eigenvalue weighted by molar-refractivity contribution is -0.119. The molecule has 1 fully saturated rings. The minimum atomic E-state index is -0.272. The van der Waals surface area contributed by atoms with E-state index in [9.17, 15) is 9.59 Å². The number of hydrogen-bond acceptors (Lipinski definition) is 3. The summed E-state index contributed by atoms with van der Waals surface area (Å²) in [5, 5.41) is 0. The van der Waals surface area contributed by atoms with Gasteiger partial charge >= 0.3 is 0 Å². The molecule has 0 radical (unpaired) electrons. The molecule has 0 aliphatic carbocycles. The molecule has 0 unspecified atom stereocenters. The predicted octanol–water partition coefficient (Wildman–Crippen LogP) is 1.76. The third kappa shape index (κ3) is 3.50. The van der Waals surface area contributed by atoms with Gasteiger partial charge in [0.2, 0.25) is 5.91 Å². The Balaban J connectivity index is 2.01. The molecule has 6 heteroatoms. The Morgan fingerprint density at radius 3 is 2.55 bits per heavy atom. The summed E-state index contributed by atoms with van der Waals surface area (Å²) < 4.78 is 0.832. The van der Waals surface area contributed by atoms with Crippen LogP contribution in [0.15, 0.2) is 22.7 Å². The van der Waals surface area contributed by atoms with Crippen LogP contribution in [0.25, 0.3) is 0 Å². The van der Waals surface area contributed by atoms with Crippen LogP contribution in [0.1, 0.15) is 29.6 Å². The Bertz CT molecular complexity index is 525. The Labute approximate surface area is 126 Å². The molecule has 1 heterocycles. The third-order valence-electron chi connectivity index (χ3n) is 3.64. The number of carbonyl (C=O) groups excluding carboxylic acids is 2. The van der Waals surface area contributed by atoms with Crippen LogP contribution < -0.4 is 11.5 Å². The van der Waals surface area contributed by atoms with Gasteiger partial charge in [-0.05, 0) is 37.0 Å². The number of anilines is 1. The van der Waals surface area contributed by atoms with Gasteiger partial charge in [0.1, 0.15) is 0 Å². The maximum Gasteiger partial charge on any atom is 0.255 e. The van der Waals surface area contributed by atoms with Crippen LogP contribution in [0, 0.1) is 5.92 Å². The van der Waals surface area contributed by atoms with E-state index < -0.39 is 0 Å². The van der Waals surface area contributed by atoms with Crippen LogP contribution in [0.2, 0.25) is 0 Å². The van der Waals surface area contributed by atoms with Gasteiger partial charge in [-0.3, -0.25) is 9.59 Å². The number of primary amides is 1. The average Bonchev–Trinajstić information content (AvgIpc) is 2.41. The van der Waals surface area contributed by atoms with Gasteiger partial charge in [-0.1, -0.05) is 15.9 Å². The summed E-state index contributed by atoms with van der Waals surface area (Å²) in [6, 6.07) is 5.27. The van der Waals surface area contributed by atoms with Crippen molar-refractivity contribution in [3.63, 3.8) is 0 Å². The first-order valence-electron chi connectivity index (χ1n) is 6.60. The first-order valence-corrected chi connectivity index (χ1v) is 7.39. The van der Waals surface area contributed by atoms with Crippen molar-refractivity contribution in [3.05, 3.63) is 28.2 Å². The van der Waals surface area contributed by atoms with Gasteiger partial charge < -0.3 is 16.4 Å². The topological polar surface area (TPSA) is 89.4 Å². The summed E-state index contributed by atoms with van der Waals surface area (Å²) >= 11 is 3.35. The average molecular weight is 340 g/mol. The van der Waals surface area contributed by atoms with Crippen molar-refractivity contribution in [3.8, 4) is 0 Å². The van der Waals surface area contributed by atoms with Gasteiger partial charge in [-0.15, -0.1) is 0 Å². The molecule has 108 valence electrons. The number of carbonyl (C=O) groups is 2. The second kappa shape index (κ2) is 6.26. The molecule has 20 heavy (non-hydrogen) atoms. The minimum absolute atomic E-state index is 0.0543. The molecule has 1 aromatic rings. The fourth-order valence-electron chi connectivity index (χ4n) is 2.51. The molecule has 1 aromatic carbocycles. The molecule has 0 saturated carbocycles. The minimum Gasteiger partial charge on any atom is -0.398 e. The number of halogens is 1. The molecule has 2 rings (SSSR count). The lowest BCUT2D eigenvalue weighted by Gasteiger charge is -2.31. The van der Waals surface area contributed by atoms with Crippen molar-refractivity contribution in [2.24, 2.45) is 11.7 Å². The first kappa shape index (κ1) is 14.8. The van der Waals surface area contributed by atoms with Crippen LogP contribution >= 0.6 is 15.9 Å². The third-order valence-corrected chi connectivity index (χ3v) is 4.13. The van der Waals surface area contributed by atoms with E-state index in [2.05, 4.69) is 15.9 Å². The molecule has 1 saturated heterocycles. The standard InChI is InChI=1S/C14H18BrN3O2/c15-10-1-2-12(16)11(8-10)14(20)18-5-3-9(4-6-18)7-13(17)19/h1-2,8-9H,3-7,16H2,(H2,17,19). The van der Waals surface area contributed by atoms with Gasteiger partial charge in [0.05, 0.1) is 5.56 Å². The molecule has 0 bridgehead atoms. The smallest absolute Gasteiger partial charge is 0.255 e. The van der Waals surface area contributed by atoms with E-state index in [0.717, 1.165) is 17.3 Å². The molecule has 0 atom stereocenters. The number of hydrogen-bond donors (Lipinski definition) is 2.